The SMILES string of the molecule is CC1CCC(Cn2c(N3CCO[C@@H]4CCC[C@H]43)nc3cc(Cl)nc(Cl)c32)CC1. The van der Waals surface area contributed by atoms with Crippen LogP contribution in [0.1, 0.15) is 51.9 Å². The minimum absolute atomic E-state index is 0.328. The third kappa shape index (κ3) is 3.40. The van der Waals surface area contributed by atoms with Crippen LogP contribution in [-0.2, 0) is 11.3 Å². The Bertz CT molecular complexity index is 862. The molecule has 0 N–H and O–H groups in total. The monoisotopic (exact) mass is 422 g/mol. The summed E-state index contributed by atoms with van der Waals surface area (Å²) in [5.74, 6) is 2.54. The largest absolute Gasteiger partial charge is 0.374 e. The number of hydrogen-bond acceptors (Lipinski definition) is 4. The molecule has 2 aromatic heterocycles. The zero-order chi connectivity index (χ0) is 19.3. The van der Waals surface area contributed by atoms with Crippen LogP contribution in [0.3, 0.4) is 0 Å². The number of halogens is 2. The Morgan fingerprint density at radius 1 is 1.11 bits per heavy atom. The third-order valence-corrected chi connectivity index (χ3v) is 7.40. The van der Waals surface area contributed by atoms with Crippen molar-refractivity contribution in [3.05, 3.63) is 16.4 Å². The fourth-order valence-corrected chi connectivity index (χ4v) is 5.93. The molecule has 3 aliphatic rings. The van der Waals surface area contributed by atoms with Crippen molar-refractivity contribution in [3.8, 4) is 0 Å². The minimum atomic E-state index is 0.328. The van der Waals surface area contributed by atoms with Crippen molar-refractivity contribution >= 4 is 40.2 Å². The number of aromatic nitrogens is 3. The second kappa shape index (κ2) is 7.66. The molecular weight excluding hydrogens is 395 g/mol. The highest BCUT2D eigenvalue weighted by atomic mass is 35.5. The van der Waals surface area contributed by atoms with Crippen molar-refractivity contribution in [3.63, 3.8) is 0 Å². The van der Waals surface area contributed by atoms with Gasteiger partial charge < -0.3 is 14.2 Å². The van der Waals surface area contributed by atoms with Gasteiger partial charge in [0.05, 0.1) is 24.3 Å². The van der Waals surface area contributed by atoms with Gasteiger partial charge in [0.25, 0.3) is 0 Å². The maximum atomic E-state index is 6.57. The van der Waals surface area contributed by atoms with Crippen molar-refractivity contribution in [1.29, 1.82) is 0 Å². The molecule has 2 atom stereocenters. The van der Waals surface area contributed by atoms with Crippen LogP contribution in [0.4, 0.5) is 5.95 Å². The first-order valence-electron chi connectivity index (χ1n) is 10.7. The Morgan fingerprint density at radius 2 is 1.93 bits per heavy atom. The molecule has 2 aliphatic carbocycles. The summed E-state index contributed by atoms with van der Waals surface area (Å²) in [6.07, 6.45) is 9.04. The van der Waals surface area contributed by atoms with Gasteiger partial charge in [0, 0.05) is 19.2 Å². The Labute approximate surface area is 176 Å². The Balaban J connectivity index is 1.56. The lowest BCUT2D eigenvalue weighted by Gasteiger charge is -2.39. The van der Waals surface area contributed by atoms with Crippen LogP contribution in [0, 0.1) is 11.8 Å². The van der Waals surface area contributed by atoms with E-state index >= 15 is 0 Å². The van der Waals surface area contributed by atoms with Crippen LogP contribution in [0.5, 0.6) is 0 Å². The molecule has 0 aromatic carbocycles. The number of pyridine rings is 1. The van der Waals surface area contributed by atoms with Gasteiger partial charge in [-0.25, -0.2) is 9.97 Å². The van der Waals surface area contributed by atoms with Gasteiger partial charge in [0.15, 0.2) is 5.15 Å². The third-order valence-electron chi connectivity index (χ3n) is 6.95. The molecule has 5 rings (SSSR count). The number of hydrogen-bond donors (Lipinski definition) is 0. The van der Waals surface area contributed by atoms with E-state index in [1.807, 2.05) is 6.07 Å². The number of anilines is 1. The highest BCUT2D eigenvalue weighted by molar-refractivity contribution is 6.36. The van der Waals surface area contributed by atoms with E-state index in [0.29, 0.717) is 28.4 Å². The lowest BCUT2D eigenvalue weighted by Crippen LogP contribution is -2.49. The molecule has 0 amide bonds. The van der Waals surface area contributed by atoms with Crippen molar-refractivity contribution in [1.82, 2.24) is 14.5 Å². The molecule has 1 aliphatic heterocycles. The average Bonchev–Trinajstić information content (AvgIpc) is 3.28. The summed E-state index contributed by atoms with van der Waals surface area (Å²) in [5.41, 5.74) is 1.78. The zero-order valence-corrected chi connectivity index (χ0v) is 17.9. The summed E-state index contributed by atoms with van der Waals surface area (Å²) in [7, 11) is 0. The quantitative estimate of drug-likeness (QED) is 0.627. The molecule has 28 heavy (non-hydrogen) atoms. The predicted molar refractivity (Wildman–Crippen MR) is 113 cm³/mol. The van der Waals surface area contributed by atoms with E-state index in [-0.39, 0.29) is 0 Å². The Hall–Kier alpha value is -1.04. The lowest BCUT2D eigenvalue weighted by atomic mass is 9.83. The van der Waals surface area contributed by atoms with Crippen LogP contribution in [-0.4, -0.2) is 39.8 Å². The molecule has 1 saturated heterocycles. The van der Waals surface area contributed by atoms with E-state index in [1.54, 1.807) is 0 Å². The van der Waals surface area contributed by atoms with Crippen LogP contribution in [0.15, 0.2) is 6.07 Å². The molecule has 0 unspecified atom stereocenters. The number of ether oxygens (including phenoxy) is 1. The van der Waals surface area contributed by atoms with Gasteiger partial charge in [-0.05, 0) is 43.9 Å². The first-order chi connectivity index (χ1) is 13.6. The van der Waals surface area contributed by atoms with Gasteiger partial charge in [-0.15, -0.1) is 0 Å². The van der Waals surface area contributed by atoms with Gasteiger partial charge in [-0.1, -0.05) is 43.0 Å². The summed E-state index contributed by atoms with van der Waals surface area (Å²) in [6, 6.07) is 2.26. The van der Waals surface area contributed by atoms with Crippen molar-refractivity contribution in [2.45, 2.75) is 70.6 Å². The Morgan fingerprint density at radius 3 is 2.75 bits per heavy atom. The molecule has 0 bridgehead atoms. The summed E-state index contributed by atoms with van der Waals surface area (Å²) in [5, 5.41) is 0.863. The topological polar surface area (TPSA) is 43.2 Å². The summed E-state index contributed by atoms with van der Waals surface area (Å²) < 4.78 is 8.37. The van der Waals surface area contributed by atoms with E-state index in [4.69, 9.17) is 32.9 Å². The molecule has 5 nitrogen and oxygen atoms in total. The number of rotatable bonds is 3. The normalized spacial score (nSPS) is 30.8. The second-order valence-corrected chi connectivity index (χ2v) is 9.60. The van der Waals surface area contributed by atoms with Gasteiger partial charge in [-0.2, -0.15) is 0 Å². The summed E-state index contributed by atoms with van der Waals surface area (Å²) in [6.45, 7) is 4.96. The van der Waals surface area contributed by atoms with E-state index in [0.717, 1.165) is 49.0 Å². The number of morpholine rings is 1. The van der Waals surface area contributed by atoms with E-state index in [9.17, 15) is 0 Å². The van der Waals surface area contributed by atoms with Gasteiger partial charge >= 0.3 is 0 Å². The van der Waals surface area contributed by atoms with E-state index in [1.165, 1.54) is 38.5 Å². The van der Waals surface area contributed by atoms with Crippen LogP contribution in [0.25, 0.3) is 11.0 Å². The maximum Gasteiger partial charge on any atom is 0.207 e. The fourth-order valence-electron chi connectivity index (χ4n) is 5.40. The van der Waals surface area contributed by atoms with Gasteiger partial charge in [0.2, 0.25) is 5.95 Å². The van der Waals surface area contributed by atoms with Crippen LogP contribution >= 0.6 is 23.2 Å². The predicted octanol–water partition coefficient (Wildman–Crippen LogP) is 5.32. The van der Waals surface area contributed by atoms with Crippen molar-refractivity contribution in [2.24, 2.45) is 11.8 Å². The first kappa shape index (κ1) is 19.0. The van der Waals surface area contributed by atoms with E-state index < -0.39 is 0 Å². The standard InChI is InChI=1S/C21H28Cl2N4O/c1-13-5-7-14(8-6-13)12-27-19-15(11-18(22)25-20(19)23)24-21(27)26-9-10-28-17-4-2-3-16(17)26/h11,13-14,16-17H,2-10,12H2,1H3/t13?,14?,16-,17-/m1/s1. The average molecular weight is 423 g/mol. The Kier molecular flexibility index (Phi) is 5.18. The molecule has 152 valence electrons. The highest BCUT2D eigenvalue weighted by Gasteiger charge is 2.38. The molecular formula is C21H28Cl2N4O. The maximum absolute atomic E-state index is 6.57. The molecule has 7 heteroatoms. The van der Waals surface area contributed by atoms with Crippen LogP contribution < -0.4 is 4.90 Å². The molecule has 2 saturated carbocycles. The fraction of sp³-hybridized carbons (Fsp3) is 0.714. The minimum Gasteiger partial charge on any atom is -0.374 e. The van der Waals surface area contributed by atoms with Crippen molar-refractivity contribution in [2.75, 3.05) is 18.1 Å². The van der Waals surface area contributed by atoms with E-state index in [2.05, 4.69) is 21.4 Å². The molecule has 0 radical (unpaired) electrons. The van der Waals surface area contributed by atoms with Gasteiger partial charge in [-0.3, -0.25) is 0 Å². The van der Waals surface area contributed by atoms with Crippen LogP contribution in [0.2, 0.25) is 10.3 Å². The second-order valence-electron chi connectivity index (χ2n) is 8.85. The molecule has 3 fully saturated rings. The highest BCUT2D eigenvalue weighted by Crippen LogP contribution is 2.38. The van der Waals surface area contributed by atoms with Gasteiger partial charge in [0.1, 0.15) is 10.7 Å². The number of imidazole rings is 1. The molecule has 2 aromatic rings. The molecule has 0 spiro atoms. The zero-order valence-electron chi connectivity index (χ0n) is 16.4. The smallest absolute Gasteiger partial charge is 0.207 e. The summed E-state index contributed by atoms with van der Waals surface area (Å²) in [4.78, 5) is 11.8. The molecule has 3 heterocycles. The first-order valence-corrected chi connectivity index (χ1v) is 11.5. The van der Waals surface area contributed by atoms with Crippen molar-refractivity contribution < 1.29 is 4.74 Å². The number of nitrogens with zero attached hydrogens (tertiary/aromatic N) is 4. The number of fused-ring (bicyclic) bond motifs is 2. The lowest BCUT2D eigenvalue weighted by molar-refractivity contribution is 0.0247. The summed E-state index contributed by atoms with van der Waals surface area (Å²) >= 11 is 12.8.